The molecule has 1 aliphatic rings. The topological polar surface area (TPSA) is 88.5 Å². The maximum atomic E-state index is 12.2. The third-order valence-electron chi connectivity index (χ3n) is 2.81. The summed E-state index contributed by atoms with van der Waals surface area (Å²) in [4.78, 5) is -0.0342. The van der Waals surface area contributed by atoms with Crippen LogP contribution < -0.4 is 0 Å². The molecule has 2 rings (SSSR count). The van der Waals surface area contributed by atoms with Crippen molar-refractivity contribution in [2.24, 2.45) is 0 Å². The van der Waals surface area contributed by atoms with Gasteiger partial charge in [0.2, 0.25) is 0 Å². The third-order valence-corrected chi connectivity index (χ3v) is 7.20. The van der Waals surface area contributed by atoms with Crippen LogP contribution in [0.1, 0.15) is 0 Å². The van der Waals surface area contributed by atoms with Gasteiger partial charge in [0.15, 0.2) is 19.7 Å². The lowest BCUT2D eigenvalue weighted by molar-refractivity contribution is 0.204. The molecule has 0 radical (unpaired) electrons. The maximum absolute atomic E-state index is 12.2. The first-order valence-corrected chi connectivity index (χ1v) is 8.85. The van der Waals surface area contributed by atoms with Crippen LogP contribution in [0.2, 0.25) is 5.02 Å². The molecule has 1 heterocycles. The van der Waals surface area contributed by atoms with Gasteiger partial charge in [-0.05, 0) is 24.3 Å². The van der Waals surface area contributed by atoms with Crippen molar-refractivity contribution in [3.63, 3.8) is 0 Å². The molecule has 1 fully saturated rings. The molecule has 0 bridgehead atoms. The minimum Gasteiger partial charge on any atom is -0.391 e. The first kappa shape index (κ1) is 13.8. The monoisotopic (exact) mass is 310 g/mol. The van der Waals surface area contributed by atoms with Crippen LogP contribution in [-0.2, 0) is 19.7 Å². The van der Waals surface area contributed by atoms with Gasteiger partial charge in [0.05, 0.1) is 22.5 Å². The molecule has 1 aromatic carbocycles. The van der Waals surface area contributed by atoms with Gasteiger partial charge in [-0.1, -0.05) is 11.6 Å². The summed E-state index contributed by atoms with van der Waals surface area (Å²) in [5.74, 6) is -1.05. The van der Waals surface area contributed by atoms with Crippen LogP contribution in [-0.4, -0.2) is 44.8 Å². The van der Waals surface area contributed by atoms with E-state index in [-0.39, 0.29) is 4.90 Å². The molecule has 2 unspecified atom stereocenters. The van der Waals surface area contributed by atoms with E-state index in [1.165, 1.54) is 24.3 Å². The number of benzene rings is 1. The summed E-state index contributed by atoms with van der Waals surface area (Å²) in [5.41, 5.74) is 0. The first-order chi connectivity index (χ1) is 8.22. The summed E-state index contributed by atoms with van der Waals surface area (Å²) in [7, 11) is -7.36. The molecule has 0 saturated carbocycles. The van der Waals surface area contributed by atoms with Gasteiger partial charge in [-0.15, -0.1) is 0 Å². The zero-order valence-electron chi connectivity index (χ0n) is 9.15. The van der Waals surface area contributed by atoms with E-state index in [0.29, 0.717) is 5.02 Å². The van der Waals surface area contributed by atoms with Gasteiger partial charge in [-0.2, -0.15) is 0 Å². The highest BCUT2D eigenvalue weighted by Crippen LogP contribution is 2.26. The molecule has 0 aliphatic carbocycles. The quantitative estimate of drug-likeness (QED) is 0.847. The van der Waals surface area contributed by atoms with Crippen LogP contribution in [0, 0.1) is 0 Å². The average molecular weight is 311 g/mol. The van der Waals surface area contributed by atoms with E-state index >= 15 is 0 Å². The summed E-state index contributed by atoms with van der Waals surface area (Å²) >= 11 is 5.66. The Bertz CT molecular complexity index is 648. The summed E-state index contributed by atoms with van der Waals surface area (Å²) < 4.78 is 47.0. The van der Waals surface area contributed by atoms with Gasteiger partial charge in [0.1, 0.15) is 5.25 Å². The third kappa shape index (κ3) is 2.54. The zero-order valence-corrected chi connectivity index (χ0v) is 11.5. The van der Waals surface area contributed by atoms with Crippen LogP contribution in [0.4, 0.5) is 0 Å². The maximum Gasteiger partial charge on any atom is 0.184 e. The van der Waals surface area contributed by atoms with E-state index in [9.17, 15) is 21.9 Å². The highest BCUT2D eigenvalue weighted by Gasteiger charge is 2.44. The normalized spacial score (nSPS) is 27.2. The number of rotatable bonds is 2. The molecule has 2 atom stereocenters. The first-order valence-electron chi connectivity index (χ1n) is 5.10. The van der Waals surface area contributed by atoms with E-state index in [4.69, 9.17) is 11.6 Å². The van der Waals surface area contributed by atoms with Crippen LogP contribution in [0.25, 0.3) is 0 Å². The Balaban J connectivity index is 2.41. The fourth-order valence-corrected chi connectivity index (χ4v) is 6.47. The Kier molecular flexibility index (Phi) is 3.44. The lowest BCUT2D eigenvalue weighted by Crippen LogP contribution is -2.32. The minimum atomic E-state index is -3.86. The lowest BCUT2D eigenvalue weighted by Gasteiger charge is -2.13. The minimum absolute atomic E-state index is 0.0342. The second kappa shape index (κ2) is 4.48. The molecular weight excluding hydrogens is 300 g/mol. The number of hydrogen-bond donors (Lipinski definition) is 1. The Morgan fingerprint density at radius 1 is 1.17 bits per heavy atom. The van der Waals surface area contributed by atoms with Crippen molar-refractivity contribution in [2.75, 3.05) is 11.5 Å². The molecule has 1 saturated heterocycles. The molecule has 0 spiro atoms. The predicted octanol–water partition coefficient (Wildman–Crippen LogP) is 0.272. The Labute approximate surface area is 110 Å². The van der Waals surface area contributed by atoms with E-state index in [2.05, 4.69) is 0 Å². The molecule has 1 aromatic rings. The van der Waals surface area contributed by atoms with Crippen molar-refractivity contribution >= 4 is 31.3 Å². The fraction of sp³-hybridized carbons (Fsp3) is 0.400. The van der Waals surface area contributed by atoms with Crippen molar-refractivity contribution in [3.05, 3.63) is 29.3 Å². The largest absolute Gasteiger partial charge is 0.391 e. The second-order valence-electron chi connectivity index (χ2n) is 4.18. The highest BCUT2D eigenvalue weighted by atomic mass is 35.5. The molecule has 5 nitrogen and oxygen atoms in total. The number of halogens is 1. The van der Waals surface area contributed by atoms with E-state index in [0.717, 1.165) is 0 Å². The zero-order chi connectivity index (χ0) is 13.6. The van der Waals surface area contributed by atoms with Crippen molar-refractivity contribution < 1.29 is 21.9 Å². The van der Waals surface area contributed by atoms with Crippen LogP contribution in [0.3, 0.4) is 0 Å². The Morgan fingerprint density at radius 3 is 2.17 bits per heavy atom. The predicted molar refractivity (Wildman–Crippen MR) is 67.1 cm³/mol. The lowest BCUT2D eigenvalue weighted by atomic mass is 10.3. The van der Waals surface area contributed by atoms with Gasteiger partial charge >= 0.3 is 0 Å². The van der Waals surface area contributed by atoms with Crippen molar-refractivity contribution in [1.29, 1.82) is 0 Å². The van der Waals surface area contributed by atoms with Crippen LogP contribution in [0.5, 0.6) is 0 Å². The molecular formula is C10H11ClO5S2. The van der Waals surface area contributed by atoms with Gasteiger partial charge < -0.3 is 5.11 Å². The van der Waals surface area contributed by atoms with Crippen LogP contribution in [0.15, 0.2) is 29.2 Å². The van der Waals surface area contributed by atoms with Crippen molar-refractivity contribution in [2.45, 2.75) is 16.2 Å². The van der Waals surface area contributed by atoms with Gasteiger partial charge in [-0.25, -0.2) is 16.8 Å². The molecule has 8 heteroatoms. The summed E-state index contributed by atoms with van der Waals surface area (Å²) in [6.45, 7) is 0. The molecule has 18 heavy (non-hydrogen) atoms. The summed E-state index contributed by atoms with van der Waals surface area (Å²) in [5, 5.41) is 8.67. The van der Waals surface area contributed by atoms with Gasteiger partial charge in [-0.3, -0.25) is 0 Å². The molecule has 0 aromatic heterocycles. The van der Waals surface area contributed by atoms with Crippen LogP contribution >= 0.6 is 11.6 Å². The van der Waals surface area contributed by atoms with E-state index in [1.807, 2.05) is 0 Å². The van der Waals surface area contributed by atoms with Gasteiger partial charge in [0, 0.05) is 5.02 Å². The molecule has 100 valence electrons. The van der Waals surface area contributed by atoms with Crippen molar-refractivity contribution in [3.8, 4) is 0 Å². The standard InChI is InChI=1S/C10H11ClO5S2/c11-7-1-3-8(4-2-7)18(15,16)10-6-17(13,14)5-9(10)12/h1-4,9-10,12H,5-6H2. The molecule has 1 aliphatic heterocycles. The van der Waals surface area contributed by atoms with Gasteiger partial charge in [0.25, 0.3) is 0 Å². The number of hydrogen-bond acceptors (Lipinski definition) is 5. The smallest absolute Gasteiger partial charge is 0.184 e. The number of aliphatic hydroxyl groups excluding tert-OH is 1. The SMILES string of the molecule is O=S1(=O)CC(O)C(S(=O)(=O)c2ccc(Cl)cc2)C1. The summed E-state index contributed by atoms with van der Waals surface area (Å²) in [6, 6.07) is 5.42. The number of aliphatic hydroxyl groups is 1. The fourth-order valence-electron chi connectivity index (χ4n) is 1.89. The molecule has 1 N–H and O–H groups in total. The second-order valence-corrected chi connectivity index (χ2v) is 8.94. The van der Waals surface area contributed by atoms with E-state index in [1.54, 1.807) is 0 Å². The summed E-state index contributed by atoms with van der Waals surface area (Å²) in [6.07, 6.45) is -1.38. The van der Waals surface area contributed by atoms with Crippen molar-refractivity contribution in [1.82, 2.24) is 0 Å². The number of sulfone groups is 2. The highest BCUT2D eigenvalue weighted by molar-refractivity contribution is 7.96. The Hall–Kier alpha value is -0.630. The Morgan fingerprint density at radius 2 is 1.72 bits per heavy atom. The molecule has 0 amide bonds. The average Bonchev–Trinajstić information content (AvgIpc) is 2.53. The van der Waals surface area contributed by atoms with E-state index < -0.39 is 42.5 Å².